The van der Waals surface area contributed by atoms with Crippen LogP contribution >= 0.6 is 0 Å². The monoisotopic (exact) mass is 289 g/mol. The Balaban J connectivity index is 3.31. The predicted molar refractivity (Wildman–Crippen MR) is 69.1 cm³/mol. The van der Waals surface area contributed by atoms with Gasteiger partial charge in [-0.2, -0.15) is 13.2 Å². The zero-order valence-corrected chi connectivity index (χ0v) is 11.8. The van der Waals surface area contributed by atoms with Gasteiger partial charge in [0.25, 0.3) is 0 Å². The summed E-state index contributed by atoms with van der Waals surface area (Å²) < 4.78 is 43.0. The number of ether oxygens (including phenoxy) is 1. The normalized spacial score (nSPS) is 15.0. The number of esters is 1. The first-order valence-corrected chi connectivity index (χ1v) is 6.15. The molecule has 0 aliphatic carbocycles. The van der Waals surface area contributed by atoms with Crippen LogP contribution in [0, 0.1) is 0 Å². The largest absolute Gasteiger partial charge is 0.467 e. The highest BCUT2D eigenvalue weighted by Gasteiger charge is 2.39. The summed E-state index contributed by atoms with van der Waals surface area (Å²) >= 11 is 0. The molecule has 0 amide bonds. The lowest BCUT2D eigenvalue weighted by atomic mass is 9.90. The van der Waals surface area contributed by atoms with Gasteiger partial charge in [-0.15, -0.1) is 0 Å². The number of hydrogen-bond acceptors (Lipinski definition) is 3. The third-order valence-corrected chi connectivity index (χ3v) is 2.94. The summed E-state index contributed by atoms with van der Waals surface area (Å²) in [5, 5.41) is 2.96. The van der Waals surface area contributed by atoms with Crippen LogP contribution in [0.15, 0.2) is 24.3 Å². The van der Waals surface area contributed by atoms with Crippen LogP contribution < -0.4 is 5.32 Å². The van der Waals surface area contributed by atoms with Crippen LogP contribution in [0.2, 0.25) is 0 Å². The van der Waals surface area contributed by atoms with Crippen molar-refractivity contribution in [1.82, 2.24) is 5.32 Å². The fourth-order valence-corrected chi connectivity index (χ4v) is 2.05. The first kappa shape index (κ1) is 16.5. The summed E-state index contributed by atoms with van der Waals surface area (Å²) in [5.41, 5.74) is -1.91. The Kier molecular flexibility index (Phi) is 4.81. The molecule has 0 heterocycles. The fraction of sp³-hybridized carbons (Fsp3) is 0.500. The summed E-state index contributed by atoms with van der Waals surface area (Å²) in [6.07, 6.45) is -4.45. The number of rotatable bonds is 4. The summed E-state index contributed by atoms with van der Waals surface area (Å²) in [4.78, 5) is 12.0. The number of carbonyl (C=O) groups is 1. The highest BCUT2D eigenvalue weighted by atomic mass is 19.4. The molecular weight excluding hydrogens is 271 g/mol. The first-order chi connectivity index (χ1) is 9.11. The van der Waals surface area contributed by atoms with E-state index >= 15 is 0 Å². The minimum absolute atomic E-state index is 0.103. The molecule has 0 aromatic heterocycles. The standard InChI is InChI=1S/C14H18F3NO2/c1-9(2)18-13(3,12(19)20-4)10-6-5-7-11(8-10)14(15,16)17/h5-9,18H,1-4H3. The number of methoxy groups -OCH3 is 1. The topological polar surface area (TPSA) is 38.3 Å². The average Bonchev–Trinajstić information content (AvgIpc) is 2.36. The molecule has 3 nitrogen and oxygen atoms in total. The van der Waals surface area contributed by atoms with E-state index in [-0.39, 0.29) is 11.6 Å². The minimum atomic E-state index is -4.45. The van der Waals surface area contributed by atoms with Crippen LogP contribution in [0.5, 0.6) is 0 Å². The molecule has 0 saturated carbocycles. The van der Waals surface area contributed by atoms with Crippen molar-refractivity contribution in [3.05, 3.63) is 35.4 Å². The molecule has 1 N–H and O–H groups in total. The van der Waals surface area contributed by atoms with Gasteiger partial charge in [0, 0.05) is 6.04 Å². The van der Waals surface area contributed by atoms with Gasteiger partial charge in [-0.1, -0.05) is 12.1 Å². The van der Waals surface area contributed by atoms with Crippen molar-refractivity contribution in [1.29, 1.82) is 0 Å². The van der Waals surface area contributed by atoms with E-state index in [4.69, 9.17) is 4.74 Å². The maximum Gasteiger partial charge on any atom is 0.416 e. The van der Waals surface area contributed by atoms with Gasteiger partial charge in [0.1, 0.15) is 5.54 Å². The maximum atomic E-state index is 12.8. The third kappa shape index (κ3) is 3.50. The second kappa shape index (κ2) is 5.83. The van der Waals surface area contributed by atoms with Crippen molar-refractivity contribution in [2.45, 2.75) is 38.5 Å². The van der Waals surface area contributed by atoms with Crippen molar-refractivity contribution in [3.63, 3.8) is 0 Å². The lowest BCUT2D eigenvalue weighted by molar-refractivity contribution is -0.149. The van der Waals surface area contributed by atoms with Crippen molar-refractivity contribution in [3.8, 4) is 0 Å². The van der Waals surface area contributed by atoms with Gasteiger partial charge in [0.15, 0.2) is 0 Å². The summed E-state index contributed by atoms with van der Waals surface area (Å²) in [6, 6.07) is 4.58. The SMILES string of the molecule is COC(=O)C(C)(NC(C)C)c1cccc(C(F)(F)F)c1. The highest BCUT2D eigenvalue weighted by Crippen LogP contribution is 2.32. The first-order valence-electron chi connectivity index (χ1n) is 6.15. The van der Waals surface area contributed by atoms with Crippen LogP contribution in [-0.4, -0.2) is 19.1 Å². The average molecular weight is 289 g/mol. The molecule has 1 aromatic carbocycles. The quantitative estimate of drug-likeness (QED) is 0.866. The lowest BCUT2D eigenvalue weighted by Crippen LogP contribution is -2.50. The molecule has 1 unspecified atom stereocenters. The Bertz CT molecular complexity index is 486. The zero-order chi connectivity index (χ0) is 15.6. The molecule has 0 aliphatic heterocycles. The maximum absolute atomic E-state index is 12.8. The number of nitrogens with one attached hydrogen (secondary N) is 1. The Hall–Kier alpha value is -1.56. The smallest absolute Gasteiger partial charge is 0.416 e. The van der Waals surface area contributed by atoms with Crippen LogP contribution in [0.1, 0.15) is 31.9 Å². The second-order valence-electron chi connectivity index (χ2n) is 4.99. The summed E-state index contributed by atoms with van der Waals surface area (Å²) in [7, 11) is 1.20. The van der Waals surface area contributed by atoms with Crippen LogP contribution in [0.25, 0.3) is 0 Å². The van der Waals surface area contributed by atoms with E-state index in [0.717, 1.165) is 12.1 Å². The Morgan fingerprint density at radius 3 is 2.25 bits per heavy atom. The number of carbonyl (C=O) groups excluding carboxylic acids is 1. The molecule has 1 rings (SSSR count). The van der Waals surface area contributed by atoms with Crippen LogP contribution in [0.4, 0.5) is 13.2 Å². The number of alkyl halides is 3. The van der Waals surface area contributed by atoms with E-state index in [0.29, 0.717) is 0 Å². The van der Waals surface area contributed by atoms with Gasteiger partial charge in [-0.25, -0.2) is 4.79 Å². The fourth-order valence-electron chi connectivity index (χ4n) is 2.05. The molecule has 1 atom stereocenters. The molecule has 6 heteroatoms. The van der Waals surface area contributed by atoms with Gasteiger partial charge in [-0.05, 0) is 38.5 Å². The Morgan fingerprint density at radius 1 is 1.25 bits per heavy atom. The van der Waals surface area contributed by atoms with E-state index in [1.165, 1.54) is 26.2 Å². The van der Waals surface area contributed by atoms with Crippen molar-refractivity contribution in [2.24, 2.45) is 0 Å². The highest BCUT2D eigenvalue weighted by molar-refractivity contribution is 5.82. The van der Waals surface area contributed by atoms with E-state index in [1.807, 2.05) is 0 Å². The summed E-state index contributed by atoms with van der Waals surface area (Å²) in [5.74, 6) is -0.634. The molecule has 0 radical (unpaired) electrons. The number of benzene rings is 1. The van der Waals surface area contributed by atoms with Gasteiger partial charge in [0.2, 0.25) is 0 Å². The van der Waals surface area contributed by atoms with Crippen molar-refractivity contribution >= 4 is 5.97 Å². The van der Waals surface area contributed by atoms with Gasteiger partial charge >= 0.3 is 12.1 Å². The zero-order valence-electron chi connectivity index (χ0n) is 11.8. The van der Waals surface area contributed by atoms with Crippen LogP contribution in [-0.2, 0) is 21.2 Å². The number of hydrogen-bond donors (Lipinski definition) is 1. The Labute approximate surface area is 116 Å². The van der Waals surface area contributed by atoms with Crippen LogP contribution in [0.3, 0.4) is 0 Å². The molecule has 112 valence electrons. The Morgan fingerprint density at radius 2 is 1.80 bits per heavy atom. The molecule has 20 heavy (non-hydrogen) atoms. The van der Waals surface area contributed by atoms with E-state index in [2.05, 4.69) is 5.32 Å². The van der Waals surface area contributed by atoms with Gasteiger partial charge in [0.05, 0.1) is 12.7 Å². The molecule has 0 saturated heterocycles. The number of halogens is 3. The molecule has 0 fully saturated rings. The minimum Gasteiger partial charge on any atom is -0.467 e. The van der Waals surface area contributed by atoms with E-state index in [9.17, 15) is 18.0 Å². The van der Waals surface area contributed by atoms with Gasteiger partial charge in [-0.3, -0.25) is 5.32 Å². The van der Waals surface area contributed by atoms with E-state index < -0.39 is 23.2 Å². The molecule has 1 aromatic rings. The molecule has 0 aliphatic rings. The third-order valence-electron chi connectivity index (χ3n) is 2.94. The van der Waals surface area contributed by atoms with Crippen molar-refractivity contribution in [2.75, 3.05) is 7.11 Å². The van der Waals surface area contributed by atoms with E-state index in [1.54, 1.807) is 13.8 Å². The van der Waals surface area contributed by atoms with Gasteiger partial charge < -0.3 is 4.74 Å². The van der Waals surface area contributed by atoms with Crippen molar-refractivity contribution < 1.29 is 22.7 Å². The molecule has 0 bridgehead atoms. The second-order valence-corrected chi connectivity index (χ2v) is 4.99. The predicted octanol–water partition coefficient (Wildman–Crippen LogP) is 3.09. The summed E-state index contributed by atoms with van der Waals surface area (Å²) in [6.45, 7) is 5.11. The lowest BCUT2D eigenvalue weighted by Gasteiger charge is -2.31. The molecule has 0 spiro atoms. The molecular formula is C14H18F3NO2.